The zero-order valence-corrected chi connectivity index (χ0v) is 41.4. The molecule has 0 saturated heterocycles. The van der Waals surface area contributed by atoms with Gasteiger partial charge in [-0.25, -0.2) is 0 Å². The predicted octanol–water partition coefficient (Wildman–Crippen LogP) is 9.72. The lowest BCUT2D eigenvalue weighted by Gasteiger charge is -2.28. The van der Waals surface area contributed by atoms with Crippen molar-refractivity contribution in [3.8, 4) is 0 Å². The molecular formula is C60H62O4P2. The van der Waals surface area contributed by atoms with E-state index in [0.717, 1.165) is 26.2 Å². The molecule has 0 N–H and O–H groups in total. The molecule has 0 aliphatic heterocycles. The third-order valence-corrected chi connectivity index (χ3v) is 19.8. The Morgan fingerprint density at radius 2 is 0.500 bits per heavy atom. The summed E-state index contributed by atoms with van der Waals surface area (Å²) in [5, 5.41) is 26.5. The second-order valence-electron chi connectivity index (χ2n) is 16.9. The Morgan fingerprint density at radius 1 is 0.318 bits per heavy atom. The van der Waals surface area contributed by atoms with Crippen molar-refractivity contribution in [2.24, 2.45) is 0 Å². The van der Waals surface area contributed by atoms with Crippen LogP contribution in [-0.4, -0.2) is 11.9 Å². The van der Waals surface area contributed by atoms with E-state index >= 15 is 0 Å². The van der Waals surface area contributed by atoms with Crippen LogP contribution in [0.2, 0.25) is 0 Å². The summed E-state index contributed by atoms with van der Waals surface area (Å²) < 4.78 is 0. The summed E-state index contributed by atoms with van der Waals surface area (Å²) in [5.74, 6) is -2.17. The summed E-state index contributed by atoms with van der Waals surface area (Å²) in [6.07, 6.45) is 2.06. The number of carbonyl (C=O) groups excluding carboxylic acids is 2. The number of carbonyl (C=O) groups is 2. The van der Waals surface area contributed by atoms with Gasteiger partial charge in [-0.05, 0) is 173 Å². The minimum Gasteiger partial charge on any atom is -0.550 e. The van der Waals surface area contributed by atoms with Gasteiger partial charge < -0.3 is 19.8 Å². The minimum absolute atomic E-state index is 0.972. The first-order valence-corrected chi connectivity index (χ1v) is 26.2. The number of rotatable bonds is 10. The van der Waals surface area contributed by atoms with Gasteiger partial charge in [0.15, 0.2) is 0 Å². The van der Waals surface area contributed by atoms with E-state index < -0.39 is 26.5 Å². The zero-order valence-electron chi connectivity index (χ0n) is 39.6. The van der Waals surface area contributed by atoms with Crippen molar-refractivity contribution in [2.45, 2.75) is 67.7 Å². The number of carboxylic acid groups (broad SMARTS) is 2. The third kappa shape index (κ3) is 13.8. The molecule has 4 nitrogen and oxygen atoms in total. The van der Waals surface area contributed by atoms with Gasteiger partial charge >= 0.3 is 0 Å². The molecule has 0 atom stereocenters. The van der Waals surface area contributed by atoms with Gasteiger partial charge in [0, 0.05) is 11.9 Å². The van der Waals surface area contributed by atoms with Gasteiger partial charge in [0.1, 0.15) is 46.4 Å². The van der Waals surface area contributed by atoms with Crippen LogP contribution in [0.1, 0.15) is 58.4 Å². The van der Waals surface area contributed by atoms with Crippen molar-refractivity contribution in [1.29, 1.82) is 0 Å². The number of benzene rings is 8. The average Bonchev–Trinajstić information content (AvgIpc) is 3.28. The summed E-state index contributed by atoms with van der Waals surface area (Å²) in [6.45, 7) is 15.2. The Kier molecular flexibility index (Phi) is 18.5. The average molecular weight is 909 g/mol. The zero-order chi connectivity index (χ0) is 47.7. The van der Waals surface area contributed by atoms with Gasteiger partial charge in [-0.3, -0.25) is 0 Å². The molecule has 0 amide bonds. The molecule has 0 aromatic heterocycles. The van der Waals surface area contributed by atoms with Crippen LogP contribution in [0.3, 0.4) is 0 Å². The number of hydrogen-bond donors (Lipinski definition) is 0. The Labute approximate surface area is 394 Å². The summed E-state index contributed by atoms with van der Waals surface area (Å²) in [4.78, 5) is 17.8. The minimum atomic E-state index is -1.86. The molecular weight excluding hydrogens is 847 g/mol. The number of aliphatic carboxylic acids is 2. The van der Waals surface area contributed by atoms with Crippen molar-refractivity contribution in [2.75, 3.05) is 0 Å². The van der Waals surface area contributed by atoms with E-state index in [1.54, 1.807) is 0 Å². The van der Waals surface area contributed by atoms with Crippen LogP contribution in [0.4, 0.5) is 0 Å². The van der Waals surface area contributed by atoms with E-state index in [-0.39, 0.29) is 0 Å². The monoisotopic (exact) mass is 908 g/mol. The first-order valence-electron chi connectivity index (χ1n) is 22.2. The molecule has 0 fully saturated rings. The Hall–Kier alpha value is -6.44. The summed E-state index contributed by atoms with van der Waals surface area (Å²) in [7, 11) is -3.71. The predicted molar refractivity (Wildman–Crippen MR) is 280 cm³/mol. The van der Waals surface area contributed by atoms with Gasteiger partial charge in [-0.15, -0.1) is 0 Å². The molecule has 0 aliphatic carbocycles. The van der Waals surface area contributed by atoms with E-state index in [1.807, 2.05) is 0 Å². The van der Waals surface area contributed by atoms with Gasteiger partial charge in [-0.1, -0.05) is 133 Å². The van der Waals surface area contributed by atoms with Crippen LogP contribution in [0, 0.1) is 41.5 Å². The largest absolute Gasteiger partial charge is 0.550 e. The molecule has 6 heteroatoms. The fourth-order valence-electron chi connectivity index (χ4n) is 8.35. The fraction of sp³-hybridized carbons (Fsp3) is 0.167. The van der Waals surface area contributed by atoms with Crippen LogP contribution in [-0.2, 0) is 21.9 Å². The van der Waals surface area contributed by atoms with Crippen LogP contribution < -0.4 is 42.0 Å². The number of hydrogen-bond acceptors (Lipinski definition) is 4. The summed E-state index contributed by atoms with van der Waals surface area (Å²) in [6, 6.07) is 76.9. The highest BCUT2D eigenvalue weighted by Crippen LogP contribution is 2.59. The molecule has 8 rings (SSSR count). The molecule has 0 unspecified atom stereocenters. The SMILES string of the molecule is CC(=O)[O-].CC(=O)[O-].Cc1cccc([P+](Cc2ccccc2)(c2cccc(C)c2)c2cccc(C)c2)c1.Cc1cccc([P+](Cc2ccccc2)(c2cccc(C)c2)c2cccc(C)c2)c1. The van der Waals surface area contributed by atoms with E-state index in [2.05, 4.69) is 248 Å². The van der Waals surface area contributed by atoms with E-state index in [9.17, 15) is 0 Å². The Morgan fingerprint density at radius 3 is 0.667 bits per heavy atom. The second kappa shape index (κ2) is 24.2. The first-order chi connectivity index (χ1) is 31.6. The lowest BCUT2D eigenvalue weighted by molar-refractivity contribution is -0.303. The molecule has 0 spiro atoms. The molecule has 66 heavy (non-hydrogen) atoms. The van der Waals surface area contributed by atoms with Crippen LogP contribution in [0.15, 0.2) is 206 Å². The topological polar surface area (TPSA) is 80.3 Å². The second-order valence-corrected chi connectivity index (χ2v) is 23.9. The molecule has 8 aromatic rings. The maximum atomic E-state index is 8.89. The van der Waals surface area contributed by atoms with Gasteiger partial charge in [0.2, 0.25) is 0 Å². The van der Waals surface area contributed by atoms with E-state index in [4.69, 9.17) is 19.8 Å². The van der Waals surface area contributed by atoms with Crippen molar-refractivity contribution in [3.63, 3.8) is 0 Å². The fourth-order valence-corrected chi connectivity index (χ4v) is 17.3. The highest BCUT2D eigenvalue weighted by Gasteiger charge is 2.47. The Balaban J connectivity index is 0.000000213. The van der Waals surface area contributed by atoms with Gasteiger partial charge in [-0.2, -0.15) is 0 Å². The van der Waals surface area contributed by atoms with Gasteiger partial charge in [0.05, 0.1) is 12.3 Å². The van der Waals surface area contributed by atoms with Crippen molar-refractivity contribution >= 4 is 58.3 Å². The lowest BCUT2D eigenvalue weighted by Crippen LogP contribution is -2.33. The number of aryl methyl sites for hydroxylation is 6. The van der Waals surface area contributed by atoms with Crippen molar-refractivity contribution in [1.82, 2.24) is 0 Å². The normalized spacial score (nSPS) is 10.8. The van der Waals surface area contributed by atoms with E-state index in [0.29, 0.717) is 0 Å². The van der Waals surface area contributed by atoms with Crippen LogP contribution >= 0.6 is 14.5 Å². The van der Waals surface area contributed by atoms with Crippen LogP contribution in [0.25, 0.3) is 0 Å². The van der Waals surface area contributed by atoms with Gasteiger partial charge in [0.25, 0.3) is 0 Å². The maximum absolute atomic E-state index is 8.89. The Bertz CT molecular complexity index is 2390. The lowest BCUT2D eigenvalue weighted by atomic mass is 10.2. The standard InChI is InChI=1S/2C28H28P.2C2H4O2/c2*1-22-10-7-15-26(18-22)29(21-25-13-5-4-6-14-25,27-16-8-11-23(2)19-27)28-17-9-12-24(3)20-28;2*1-2(3)4/h2*4-20H,21H2,1-3H3;2*1H3,(H,3,4)/q2*+1;;/p-2. The molecule has 8 aromatic carbocycles. The summed E-state index contributed by atoms with van der Waals surface area (Å²) in [5.41, 5.74) is 10.7. The molecule has 0 radical (unpaired) electrons. The highest BCUT2D eigenvalue weighted by molar-refractivity contribution is 7.95. The molecule has 0 aliphatic rings. The van der Waals surface area contributed by atoms with E-state index in [1.165, 1.54) is 76.3 Å². The maximum Gasteiger partial charge on any atom is 0.116 e. The molecule has 0 heterocycles. The molecule has 336 valence electrons. The number of carboxylic acids is 2. The molecule has 0 saturated carbocycles. The molecule has 0 bridgehead atoms. The third-order valence-electron chi connectivity index (χ3n) is 11.2. The van der Waals surface area contributed by atoms with Crippen LogP contribution in [0.5, 0.6) is 0 Å². The van der Waals surface area contributed by atoms with Crippen molar-refractivity contribution < 1.29 is 19.8 Å². The summed E-state index contributed by atoms with van der Waals surface area (Å²) >= 11 is 0. The highest BCUT2D eigenvalue weighted by atomic mass is 31.2. The first kappa shape index (κ1) is 50.6. The quantitative estimate of drug-likeness (QED) is 0.128. The smallest absolute Gasteiger partial charge is 0.116 e. The van der Waals surface area contributed by atoms with Crippen molar-refractivity contribution in [3.05, 3.63) is 251 Å².